The molecule has 0 heterocycles. The van der Waals surface area contributed by atoms with Gasteiger partial charge in [0.2, 0.25) is 0 Å². The fourth-order valence-electron chi connectivity index (χ4n) is 0.756. The third-order valence-electron chi connectivity index (χ3n) is 1.34. The predicted molar refractivity (Wildman–Crippen MR) is 39.3 cm³/mol. The highest BCUT2D eigenvalue weighted by Crippen LogP contribution is 2.20. The molecule has 0 unspecified atom stereocenters. The zero-order valence-corrected chi connectivity index (χ0v) is 6.33. The van der Waals surface area contributed by atoms with Crippen molar-refractivity contribution in [1.82, 2.24) is 0 Å². The van der Waals surface area contributed by atoms with Gasteiger partial charge in [-0.25, -0.2) is 8.78 Å². The normalized spacial score (nSPS) is 10.2. The highest BCUT2D eigenvalue weighted by atomic mass is 35.5. The number of rotatable bonds is 1. The average molecular weight is 178 g/mol. The molecule has 0 atom stereocenters. The topological polar surface area (TPSA) is 26.0 Å². The average Bonchev–Trinajstić information content (AvgIpc) is 1.99. The van der Waals surface area contributed by atoms with Gasteiger partial charge >= 0.3 is 0 Å². The van der Waals surface area contributed by atoms with Crippen molar-refractivity contribution in [3.63, 3.8) is 0 Å². The summed E-state index contributed by atoms with van der Waals surface area (Å²) in [4.78, 5) is 0. The highest BCUT2D eigenvalue weighted by molar-refractivity contribution is 6.31. The molecule has 0 aliphatic rings. The van der Waals surface area contributed by atoms with Crippen molar-refractivity contribution in [2.24, 2.45) is 5.73 Å². The molecule has 1 aromatic carbocycles. The van der Waals surface area contributed by atoms with Crippen molar-refractivity contribution in [3.8, 4) is 0 Å². The molecule has 0 aliphatic carbocycles. The molecular weight excluding hydrogens is 172 g/mol. The summed E-state index contributed by atoms with van der Waals surface area (Å²) < 4.78 is 25.2. The number of nitrogens with two attached hydrogens (primary N) is 1. The summed E-state index contributed by atoms with van der Waals surface area (Å²) in [6.07, 6.45) is 0. The van der Waals surface area contributed by atoms with E-state index in [0.717, 1.165) is 6.07 Å². The van der Waals surface area contributed by atoms with Crippen molar-refractivity contribution in [2.45, 2.75) is 6.54 Å². The predicted octanol–water partition coefficient (Wildman–Crippen LogP) is 2.08. The second kappa shape index (κ2) is 3.15. The quantitative estimate of drug-likeness (QED) is 0.653. The van der Waals surface area contributed by atoms with E-state index in [1.807, 2.05) is 0 Å². The lowest BCUT2D eigenvalue weighted by Crippen LogP contribution is -2.02. The Morgan fingerprint density at radius 2 is 2.00 bits per heavy atom. The Balaban J connectivity index is 3.29. The van der Waals surface area contributed by atoms with Crippen LogP contribution in [-0.4, -0.2) is 0 Å². The van der Waals surface area contributed by atoms with Crippen molar-refractivity contribution in [1.29, 1.82) is 0 Å². The van der Waals surface area contributed by atoms with Crippen LogP contribution in [0.1, 0.15) is 5.56 Å². The molecule has 0 amide bonds. The molecule has 0 aromatic heterocycles. The Kier molecular flexibility index (Phi) is 2.42. The van der Waals surface area contributed by atoms with E-state index in [-0.39, 0.29) is 17.1 Å². The molecular formula is C7H6ClF2N. The van der Waals surface area contributed by atoms with Crippen LogP contribution in [-0.2, 0) is 6.54 Å². The van der Waals surface area contributed by atoms with Crippen LogP contribution in [0, 0.1) is 11.6 Å². The Labute approximate surface area is 67.8 Å². The van der Waals surface area contributed by atoms with E-state index in [9.17, 15) is 8.78 Å². The van der Waals surface area contributed by atoms with Crippen LogP contribution in [0.2, 0.25) is 5.02 Å². The molecule has 4 heteroatoms. The standard InChI is InChI=1S/C7H6ClF2N/c8-5-1-2-6(9)7(10)4(5)3-11/h1-2H,3,11H2. The molecule has 0 saturated heterocycles. The summed E-state index contributed by atoms with van der Waals surface area (Å²) in [7, 11) is 0. The van der Waals surface area contributed by atoms with E-state index in [4.69, 9.17) is 17.3 Å². The molecule has 0 radical (unpaired) electrons. The van der Waals surface area contributed by atoms with E-state index >= 15 is 0 Å². The van der Waals surface area contributed by atoms with E-state index in [1.165, 1.54) is 6.07 Å². The van der Waals surface area contributed by atoms with Crippen LogP contribution < -0.4 is 5.73 Å². The summed E-state index contributed by atoms with van der Waals surface area (Å²) in [6.45, 7) is -0.0948. The summed E-state index contributed by atoms with van der Waals surface area (Å²) in [5.41, 5.74) is 5.15. The van der Waals surface area contributed by atoms with Gasteiger partial charge < -0.3 is 5.73 Å². The lowest BCUT2D eigenvalue weighted by molar-refractivity contribution is 0.499. The maximum absolute atomic E-state index is 12.7. The summed E-state index contributed by atoms with van der Waals surface area (Å²) >= 11 is 5.51. The van der Waals surface area contributed by atoms with Gasteiger partial charge in [-0.05, 0) is 12.1 Å². The van der Waals surface area contributed by atoms with Crippen LogP contribution in [0.15, 0.2) is 12.1 Å². The smallest absolute Gasteiger partial charge is 0.164 e. The minimum atomic E-state index is -0.958. The second-order valence-corrected chi connectivity index (χ2v) is 2.43. The zero-order chi connectivity index (χ0) is 8.43. The van der Waals surface area contributed by atoms with Crippen molar-refractivity contribution >= 4 is 11.6 Å². The van der Waals surface area contributed by atoms with Crippen LogP contribution in [0.5, 0.6) is 0 Å². The summed E-state index contributed by atoms with van der Waals surface area (Å²) in [6, 6.07) is 2.25. The molecule has 1 aromatic rings. The Hall–Kier alpha value is -0.670. The highest BCUT2D eigenvalue weighted by Gasteiger charge is 2.09. The van der Waals surface area contributed by atoms with Gasteiger partial charge in [-0.15, -0.1) is 0 Å². The van der Waals surface area contributed by atoms with Gasteiger partial charge in [0.1, 0.15) is 0 Å². The molecule has 1 rings (SSSR count). The van der Waals surface area contributed by atoms with E-state index in [0.29, 0.717) is 0 Å². The van der Waals surface area contributed by atoms with Gasteiger partial charge in [-0.2, -0.15) is 0 Å². The zero-order valence-electron chi connectivity index (χ0n) is 5.57. The fraction of sp³-hybridized carbons (Fsp3) is 0.143. The van der Waals surface area contributed by atoms with Crippen LogP contribution in [0.25, 0.3) is 0 Å². The van der Waals surface area contributed by atoms with Gasteiger partial charge in [0.15, 0.2) is 11.6 Å². The fourth-order valence-corrected chi connectivity index (χ4v) is 0.979. The van der Waals surface area contributed by atoms with E-state index in [1.54, 1.807) is 0 Å². The van der Waals surface area contributed by atoms with E-state index < -0.39 is 11.6 Å². The first kappa shape index (κ1) is 8.43. The first-order valence-electron chi connectivity index (χ1n) is 2.99. The summed E-state index contributed by atoms with van der Waals surface area (Å²) in [5, 5.41) is 0.159. The summed E-state index contributed by atoms with van der Waals surface area (Å²) in [5.74, 6) is -1.88. The maximum atomic E-state index is 12.7. The van der Waals surface area contributed by atoms with Crippen molar-refractivity contribution in [3.05, 3.63) is 34.4 Å². The first-order valence-corrected chi connectivity index (χ1v) is 3.37. The third kappa shape index (κ3) is 1.49. The molecule has 11 heavy (non-hydrogen) atoms. The number of hydrogen-bond acceptors (Lipinski definition) is 1. The minimum absolute atomic E-state index is 0.0201. The van der Waals surface area contributed by atoms with Crippen molar-refractivity contribution in [2.75, 3.05) is 0 Å². The third-order valence-corrected chi connectivity index (χ3v) is 1.70. The Morgan fingerprint density at radius 1 is 1.36 bits per heavy atom. The van der Waals surface area contributed by atoms with Gasteiger partial charge in [0.05, 0.1) is 0 Å². The monoisotopic (exact) mass is 177 g/mol. The lowest BCUT2D eigenvalue weighted by Gasteiger charge is -2.01. The van der Waals surface area contributed by atoms with Crippen LogP contribution >= 0.6 is 11.6 Å². The molecule has 2 N–H and O–H groups in total. The molecule has 0 fully saturated rings. The number of hydrogen-bond donors (Lipinski definition) is 1. The molecule has 0 aliphatic heterocycles. The van der Waals surface area contributed by atoms with Crippen LogP contribution in [0.3, 0.4) is 0 Å². The maximum Gasteiger partial charge on any atom is 0.164 e. The van der Waals surface area contributed by atoms with Gasteiger partial charge in [-0.3, -0.25) is 0 Å². The molecule has 60 valence electrons. The van der Waals surface area contributed by atoms with Crippen LogP contribution in [0.4, 0.5) is 8.78 Å². The Bertz CT molecular complexity index is 275. The molecule has 0 bridgehead atoms. The minimum Gasteiger partial charge on any atom is -0.326 e. The van der Waals surface area contributed by atoms with Gasteiger partial charge in [0.25, 0.3) is 0 Å². The van der Waals surface area contributed by atoms with Gasteiger partial charge in [0, 0.05) is 17.1 Å². The Morgan fingerprint density at radius 3 is 2.45 bits per heavy atom. The number of benzene rings is 1. The number of halogens is 3. The second-order valence-electron chi connectivity index (χ2n) is 2.03. The molecule has 1 nitrogen and oxygen atoms in total. The van der Waals surface area contributed by atoms with Gasteiger partial charge in [-0.1, -0.05) is 11.6 Å². The SMILES string of the molecule is NCc1c(Cl)ccc(F)c1F. The largest absolute Gasteiger partial charge is 0.326 e. The first-order chi connectivity index (χ1) is 5.16. The molecule has 0 saturated carbocycles. The van der Waals surface area contributed by atoms with Crippen molar-refractivity contribution < 1.29 is 8.78 Å². The van der Waals surface area contributed by atoms with E-state index in [2.05, 4.69) is 0 Å². The molecule has 0 spiro atoms. The lowest BCUT2D eigenvalue weighted by atomic mass is 10.2.